The number of aryl methyl sites for hydroxylation is 1. The highest BCUT2D eigenvalue weighted by Crippen LogP contribution is 2.12. The topological polar surface area (TPSA) is 0 Å². The average Bonchev–Trinajstić information content (AvgIpc) is 2.28. The zero-order valence-electron chi connectivity index (χ0n) is 8.82. The normalized spacial score (nSPS) is 9.25. The summed E-state index contributed by atoms with van der Waals surface area (Å²) in [5.74, 6) is 0. The molecule has 0 saturated carbocycles. The van der Waals surface area contributed by atoms with Crippen molar-refractivity contribution in [1.82, 2.24) is 0 Å². The maximum absolute atomic E-state index is 4.11. The number of rotatable bonds is 0. The van der Waals surface area contributed by atoms with E-state index in [1.54, 1.807) is 0 Å². The fraction of sp³-hybridized carbons (Fsp3) is 0.0769. The fourth-order valence-electron chi connectivity index (χ4n) is 0.974. The Morgan fingerprint density at radius 1 is 0.750 bits per heavy atom. The minimum atomic E-state index is 0.994. The van der Waals surface area contributed by atoms with E-state index in [2.05, 4.69) is 63.5 Å². The Labute approximate surface area is 119 Å². The summed E-state index contributed by atoms with van der Waals surface area (Å²) in [7, 11) is 0. The van der Waals surface area contributed by atoms with Gasteiger partial charge in [-0.15, -0.1) is 12.6 Å². The van der Waals surface area contributed by atoms with Crippen LogP contribution < -0.4 is 0 Å². The van der Waals surface area contributed by atoms with Gasteiger partial charge < -0.3 is 0 Å². The minimum absolute atomic E-state index is 0.994. The van der Waals surface area contributed by atoms with Gasteiger partial charge in [0.1, 0.15) is 0 Å². The lowest BCUT2D eigenvalue weighted by molar-refractivity contribution is 1.46. The quantitative estimate of drug-likeness (QED) is 0.590. The molecule has 2 aromatic rings. The van der Waals surface area contributed by atoms with Crippen molar-refractivity contribution in [2.45, 2.75) is 11.8 Å². The third-order valence-corrected chi connectivity index (χ3v) is 3.19. The average molecular weight is 360 g/mol. The van der Waals surface area contributed by atoms with Gasteiger partial charge in [-0.3, -0.25) is 0 Å². The molecule has 0 fully saturated rings. The number of thiol groups is 1. The molecule has 0 saturated heterocycles. The summed E-state index contributed by atoms with van der Waals surface area (Å²) in [5, 5.41) is 0. The molecule has 3 heteroatoms. The molecule has 0 aliphatic carbocycles. The molecule has 0 nitrogen and oxygen atoms in total. The summed E-state index contributed by atoms with van der Waals surface area (Å²) in [6, 6.07) is 16.0. The highest BCUT2D eigenvalue weighted by molar-refractivity contribution is 9.10. The Balaban J connectivity index is 0.000000160. The van der Waals surface area contributed by atoms with Crippen molar-refractivity contribution in [2.75, 3.05) is 0 Å². The zero-order valence-corrected chi connectivity index (χ0v) is 12.9. The summed E-state index contributed by atoms with van der Waals surface area (Å²) in [6.07, 6.45) is 0. The van der Waals surface area contributed by atoms with Crippen LogP contribution in [0.3, 0.4) is 0 Å². The maximum atomic E-state index is 4.11. The van der Waals surface area contributed by atoms with Crippen molar-refractivity contribution in [3.8, 4) is 0 Å². The molecule has 0 heterocycles. The van der Waals surface area contributed by atoms with Crippen LogP contribution in [0, 0.1) is 6.92 Å². The van der Waals surface area contributed by atoms with Crippen molar-refractivity contribution in [3.05, 3.63) is 63.0 Å². The fourth-order valence-corrected chi connectivity index (χ4v) is 1.65. The van der Waals surface area contributed by atoms with Gasteiger partial charge in [0.25, 0.3) is 0 Å². The van der Waals surface area contributed by atoms with Crippen LogP contribution >= 0.6 is 44.5 Å². The molecule has 2 aromatic carbocycles. The third kappa shape index (κ3) is 5.73. The predicted octanol–water partition coefficient (Wildman–Crippen LogP) is 5.50. The van der Waals surface area contributed by atoms with Crippen LogP contribution in [-0.4, -0.2) is 0 Å². The van der Waals surface area contributed by atoms with Crippen molar-refractivity contribution < 1.29 is 0 Å². The molecule has 16 heavy (non-hydrogen) atoms. The molecule has 0 aliphatic heterocycles. The summed E-state index contributed by atoms with van der Waals surface area (Å²) in [6.45, 7) is 2.08. The van der Waals surface area contributed by atoms with Gasteiger partial charge in [0.2, 0.25) is 0 Å². The molecular formula is C13H12Br2S. The minimum Gasteiger partial charge on any atom is -0.143 e. The van der Waals surface area contributed by atoms with Crippen LogP contribution in [0.15, 0.2) is 62.4 Å². The van der Waals surface area contributed by atoms with Gasteiger partial charge in [0.05, 0.1) is 0 Å². The Bertz CT molecular complexity index is 335. The van der Waals surface area contributed by atoms with Crippen LogP contribution in [0.1, 0.15) is 5.56 Å². The van der Waals surface area contributed by atoms with Crippen molar-refractivity contribution >= 4 is 44.5 Å². The van der Waals surface area contributed by atoms with Crippen LogP contribution in [-0.2, 0) is 0 Å². The van der Waals surface area contributed by atoms with Crippen LogP contribution in [0.2, 0.25) is 0 Å². The summed E-state index contributed by atoms with van der Waals surface area (Å²) >= 11 is 10.8. The Kier molecular flexibility index (Phi) is 6.17. The first-order valence-electron chi connectivity index (χ1n) is 4.74. The molecular weight excluding hydrogens is 348 g/mol. The summed E-state index contributed by atoms with van der Waals surface area (Å²) in [5.41, 5.74) is 1.30. The molecule has 0 aliphatic rings. The first-order valence-corrected chi connectivity index (χ1v) is 6.78. The largest absolute Gasteiger partial charge is 0.143 e. The van der Waals surface area contributed by atoms with E-state index in [0.717, 1.165) is 13.8 Å². The van der Waals surface area contributed by atoms with Gasteiger partial charge in [-0.05, 0) is 43.3 Å². The highest BCUT2D eigenvalue weighted by Gasteiger charge is 1.82. The highest BCUT2D eigenvalue weighted by atomic mass is 79.9. The SMILES string of the molecule is Cc1ccc(Br)cc1.Sc1ccc(Br)cc1. The Hall–Kier alpha value is -0.250. The van der Waals surface area contributed by atoms with Crippen molar-refractivity contribution in [2.24, 2.45) is 0 Å². The second kappa shape index (κ2) is 7.15. The molecule has 0 radical (unpaired) electrons. The van der Waals surface area contributed by atoms with Crippen LogP contribution in [0.25, 0.3) is 0 Å². The standard InChI is InChI=1S/C7H7Br.C6H5BrS/c1-6-2-4-7(8)5-3-6;7-5-1-3-6(8)4-2-5/h2-5H,1H3;1-4,8H. The number of hydrogen-bond acceptors (Lipinski definition) is 1. The lowest BCUT2D eigenvalue weighted by Crippen LogP contribution is -1.66. The molecule has 0 aromatic heterocycles. The molecule has 84 valence electrons. The molecule has 0 spiro atoms. The first-order chi connectivity index (χ1) is 7.58. The van der Waals surface area contributed by atoms with Gasteiger partial charge in [0, 0.05) is 13.8 Å². The van der Waals surface area contributed by atoms with Crippen LogP contribution in [0.5, 0.6) is 0 Å². The molecule has 0 unspecified atom stereocenters. The monoisotopic (exact) mass is 358 g/mol. The first kappa shape index (κ1) is 13.8. The smallest absolute Gasteiger partial charge is 0.0176 e. The lowest BCUT2D eigenvalue weighted by atomic mass is 10.2. The van der Waals surface area contributed by atoms with E-state index in [9.17, 15) is 0 Å². The number of benzene rings is 2. The van der Waals surface area contributed by atoms with Crippen molar-refractivity contribution in [3.63, 3.8) is 0 Å². The molecule has 0 N–H and O–H groups in total. The van der Waals surface area contributed by atoms with Gasteiger partial charge >= 0.3 is 0 Å². The van der Waals surface area contributed by atoms with E-state index in [-0.39, 0.29) is 0 Å². The van der Waals surface area contributed by atoms with E-state index in [0.29, 0.717) is 0 Å². The zero-order chi connectivity index (χ0) is 12.0. The predicted molar refractivity (Wildman–Crippen MR) is 80.3 cm³/mol. The Morgan fingerprint density at radius 3 is 1.44 bits per heavy atom. The van der Waals surface area contributed by atoms with Gasteiger partial charge in [-0.25, -0.2) is 0 Å². The number of halogens is 2. The second-order valence-corrected chi connectivity index (χ2v) is 5.62. The van der Waals surface area contributed by atoms with E-state index < -0.39 is 0 Å². The van der Waals surface area contributed by atoms with E-state index in [1.165, 1.54) is 5.56 Å². The van der Waals surface area contributed by atoms with E-state index >= 15 is 0 Å². The number of hydrogen-bond donors (Lipinski definition) is 1. The Morgan fingerprint density at radius 2 is 1.12 bits per heavy atom. The van der Waals surface area contributed by atoms with E-state index in [1.807, 2.05) is 36.4 Å². The molecule has 2 rings (SSSR count). The summed E-state index contributed by atoms with van der Waals surface area (Å²) < 4.78 is 2.23. The second-order valence-electron chi connectivity index (χ2n) is 3.27. The molecule has 0 amide bonds. The van der Waals surface area contributed by atoms with E-state index in [4.69, 9.17) is 0 Å². The van der Waals surface area contributed by atoms with Gasteiger partial charge in [-0.2, -0.15) is 0 Å². The summed E-state index contributed by atoms with van der Waals surface area (Å²) in [4.78, 5) is 0.994. The maximum Gasteiger partial charge on any atom is 0.0176 e. The van der Waals surface area contributed by atoms with Crippen LogP contribution in [0.4, 0.5) is 0 Å². The lowest BCUT2D eigenvalue weighted by Gasteiger charge is -1.88. The molecule has 0 bridgehead atoms. The van der Waals surface area contributed by atoms with Gasteiger partial charge in [0.15, 0.2) is 0 Å². The van der Waals surface area contributed by atoms with Crippen molar-refractivity contribution in [1.29, 1.82) is 0 Å². The third-order valence-electron chi connectivity index (χ3n) is 1.84. The van der Waals surface area contributed by atoms with Gasteiger partial charge in [-0.1, -0.05) is 49.6 Å². The molecule has 0 atom stereocenters.